The lowest BCUT2D eigenvalue weighted by atomic mass is 9.73. The van der Waals surface area contributed by atoms with Crippen LogP contribution < -0.4 is 5.32 Å². The Labute approximate surface area is 168 Å². The topological polar surface area (TPSA) is 61.9 Å². The van der Waals surface area contributed by atoms with Gasteiger partial charge in [0.25, 0.3) is 0 Å². The van der Waals surface area contributed by atoms with Gasteiger partial charge in [-0.3, -0.25) is 4.79 Å². The number of nitrogens with one attached hydrogen (secondary N) is 1. The van der Waals surface area contributed by atoms with Gasteiger partial charge in [-0.2, -0.15) is 0 Å². The molecule has 0 aliphatic carbocycles. The maximum Gasteiger partial charge on any atom is 0.321 e. The van der Waals surface area contributed by atoms with Gasteiger partial charge < -0.3 is 19.9 Å². The van der Waals surface area contributed by atoms with E-state index in [0.29, 0.717) is 19.6 Å². The molecule has 3 rings (SSSR count). The Hall–Kier alpha value is -2.08. The first-order chi connectivity index (χ1) is 13.4. The number of piperidine rings is 1. The standard InChI is InChI=1S/C22H33N3O3/c1-17-4-5-19(18(2)16-17)23-21(27)25-12-9-22(10-13-25)7-6-20(26)24(11-8-22)14-15-28-3/h4-5,16H,6-15H2,1-3H3,(H,23,27). The molecule has 6 heteroatoms. The number of amides is 3. The van der Waals surface area contributed by atoms with Crippen LogP contribution in [0.4, 0.5) is 10.5 Å². The molecule has 2 heterocycles. The summed E-state index contributed by atoms with van der Waals surface area (Å²) in [4.78, 5) is 28.9. The number of rotatable bonds is 4. The normalized spacial score (nSPS) is 19.6. The van der Waals surface area contributed by atoms with Gasteiger partial charge in [0.05, 0.1) is 6.61 Å². The first-order valence-electron chi connectivity index (χ1n) is 10.3. The summed E-state index contributed by atoms with van der Waals surface area (Å²) in [5.41, 5.74) is 3.34. The van der Waals surface area contributed by atoms with Crippen LogP contribution >= 0.6 is 0 Å². The first-order valence-corrected chi connectivity index (χ1v) is 10.3. The zero-order chi connectivity index (χ0) is 20.1. The first kappa shape index (κ1) is 20.6. The van der Waals surface area contributed by atoms with Gasteiger partial charge in [-0.1, -0.05) is 17.7 Å². The second-order valence-corrected chi connectivity index (χ2v) is 8.36. The summed E-state index contributed by atoms with van der Waals surface area (Å²) in [6, 6.07) is 6.05. The molecule has 1 aromatic carbocycles. The fourth-order valence-corrected chi connectivity index (χ4v) is 4.42. The Kier molecular flexibility index (Phi) is 6.60. The highest BCUT2D eigenvalue weighted by Crippen LogP contribution is 2.41. The predicted molar refractivity (Wildman–Crippen MR) is 110 cm³/mol. The van der Waals surface area contributed by atoms with E-state index >= 15 is 0 Å². The van der Waals surface area contributed by atoms with Crippen molar-refractivity contribution in [2.24, 2.45) is 5.41 Å². The monoisotopic (exact) mass is 387 g/mol. The smallest absolute Gasteiger partial charge is 0.321 e. The number of urea groups is 1. The number of anilines is 1. The van der Waals surface area contributed by atoms with Crippen molar-refractivity contribution in [3.63, 3.8) is 0 Å². The van der Waals surface area contributed by atoms with Crippen LogP contribution in [0.3, 0.4) is 0 Å². The highest BCUT2D eigenvalue weighted by molar-refractivity contribution is 5.90. The van der Waals surface area contributed by atoms with Crippen LogP contribution in [0.25, 0.3) is 0 Å². The number of carbonyl (C=O) groups is 2. The molecule has 2 aliphatic rings. The fourth-order valence-electron chi connectivity index (χ4n) is 4.42. The van der Waals surface area contributed by atoms with Gasteiger partial charge in [0, 0.05) is 45.4 Å². The second-order valence-electron chi connectivity index (χ2n) is 8.36. The van der Waals surface area contributed by atoms with E-state index in [4.69, 9.17) is 4.74 Å². The third-order valence-corrected chi connectivity index (χ3v) is 6.43. The molecule has 6 nitrogen and oxygen atoms in total. The van der Waals surface area contributed by atoms with Gasteiger partial charge in [-0.15, -0.1) is 0 Å². The fraction of sp³-hybridized carbons (Fsp3) is 0.636. The number of likely N-dealkylation sites (tertiary alicyclic amines) is 2. The molecule has 1 spiro atoms. The van der Waals surface area contributed by atoms with Gasteiger partial charge in [-0.05, 0) is 56.6 Å². The van der Waals surface area contributed by atoms with Crippen molar-refractivity contribution in [1.29, 1.82) is 0 Å². The van der Waals surface area contributed by atoms with E-state index < -0.39 is 0 Å². The molecule has 28 heavy (non-hydrogen) atoms. The molecule has 0 unspecified atom stereocenters. The molecular formula is C22H33N3O3. The van der Waals surface area contributed by atoms with Crippen molar-refractivity contribution in [3.05, 3.63) is 29.3 Å². The number of hydrogen-bond acceptors (Lipinski definition) is 3. The number of methoxy groups -OCH3 is 1. The van der Waals surface area contributed by atoms with Crippen LogP contribution in [-0.2, 0) is 9.53 Å². The summed E-state index contributed by atoms with van der Waals surface area (Å²) in [5.74, 6) is 0.240. The average Bonchev–Trinajstić information content (AvgIpc) is 2.83. The van der Waals surface area contributed by atoms with Crippen LogP contribution in [0.15, 0.2) is 18.2 Å². The van der Waals surface area contributed by atoms with Crippen LogP contribution in [-0.4, -0.2) is 61.6 Å². The molecular weight excluding hydrogens is 354 g/mol. The molecule has 1 N–H and O–H groups in total. The minimum Gasteiger partial charge on any atom is -0.383 e. The van der Waals surface area contributed by atoms with Gasteiger partial charge in [0.15, 0.2) is 0 Å². The van der Waals surface area contributed by atoms with Crippen molar-refractivity contribution < 1.29 is 14.3 Å². The number of ether oxygens (including phenoxy) is 1. The summed E-state index contributed by atoms with van der Waals surface area (Å²) in [5, 5.41) is 3.06. The van der Waals surface area contributed by atoms with E-state index in [1.54, 1.807) is 7.11 Å². The zero-order valence-corrected chi connectivity index (χ0v) is 17.4. The number of aryl methyl sites for hydroxylation is 2. The Balaban J connectivity index is 1.54. The molecule has 2 saturated heterocycles. The summed E-state index contributed by atoms with van der Waals surface area (Å²) in [7, 11) is 1.67. The quantitative estimate of drug-likeness (QED) is 0.859. The number of nitrogens with zero attached hydrogens (tertiary/aromatic N) is 2. The lowest BCUT2D eigenvalue weighted by Crippen LogP contribution is -2.45. The van der Waals surface area contributed by atoms with Crippen LogP contribution in [0.1, 0.15) is 43.2 Å². The molecule has 0 atom stereocenters. The van der Waals surface area contributed by atoms with Crippen molar-refractivity contribution in [1.82, 2.24) is 9.80 Å². The van der Waals surface area contributed by atoms with E-state index in [9.17, 15) is 9.59 Å². The molecule has 2 aliphatic heterocycles. The summed E-state index contributed by atoms with van der Waals surface area (Å²) < 4.78 is 5.13. The molecule has 0 bridgehead atoms. The van der Waals surface area contributed by atoms with E-state index in [0.717, 1.165) is 56.6 Å². The Morgan fingerprint density at radius 1 is 1.14 bits per heavy atom. The van der Waals surface area contributed by atoms with Crippen molar-refractivity contribution in [2.45, 2.75) is 46.0 Å². The van der Waals surface area contributed by atoms with Gasteiger partial charge in [0.1, 0.15) is 0 Å². The summed E-state index contributed by atoms with van der Waals surface area (Å²) in [6.07, 6.45) is 4.51. The van der Waals surface area contributed by atoms with Gasteiger partial charge >= 0.3 is 6.03 Å². The molecule has 0 saturated carbocycles. The van der Waals surface area contributed by atoms with Gasteiger partial charge in [-0.25, -0.2) is 4.79 Å². The minimum atomic E-state index is -0.0202. The third kappa shape index (κ3) is 4.85. The predicted octanol–water partition coefficient (Wildman–Crippen LogP) is 3.58. The van der Waals surface area contributed by atoms with E-state index in [1.807, 2.05) is 28.9 Å². The zero-order valence-electron chi connectivity index (χ0n) is 17.4. The van der Waals surface area contributed by atoms with Crippen molar-refractivity contribution in [2.75, 3.05) is 45.2 Å². The molecule has 0 radical (unpaired) electrons. The molecule has 154 valence electrons. The average molecular weight is 388 g/mol. The summed E-state index contributed by atoms with van der Waals surface area (Å²) >= 11 is 0. The Morgan fingerprint density at radius 2 is 1.86 bits per heavy atom. The largest absolute Gasteiger partial charge is 0.383 e. The maximum atomic E-state index is 12.7. The number of benzene rings is 1. The van der Waals surface area contributed by atoms with Crippen LogP contribution in [0, 0.1) is 19.3 Å². The Bertz CT molecular complexity index is 711. The van der Waals surface area contributed by atoms with Crippen molar-refractivity contribution in [3.8, 4) is 0 Å². The van der Waals surface area contributed by atoms with Crippen molar-refractivity contribution >= 4 is 17.6 Å². The summed E-state index contributed by atoms with van der Waals surface area (Å²) in [6.45, 7) is 7.65. The van der Waals surface area contributed by atoms with E-state index in [2.05, 4.69) is 18.3 Å². The second kappa shape index (κ2) is 8.95. The van der Waals surface area contributed by atoms with E-state index in [-0.39, 0.29) is 17.4 Å². The van der Waals surface area contributed by atoms with E-state index in [1.165, 1.54) is 5.56 Å². The highest BCUT2D eigenvalue weighted by atomic mass is 16.5. The highest BCUT2D eigenvalue weighted by Gasteiger charge is 2.38. The number of carbonyl (C=O) groups excluding carboxylic acids is 2. The molecule has 0 aromatic heterocycles. The van der Waals surface area contributed by atoms with Gasteiger partial charge in [0.2, 0.25) is 5.91 Å². The SMILES string of the molecule is COCCN1CCC2(CCC1=O)CCN(C(=O)Nc1ccc(C)cc1C)CC2. The molecule has 1 aromatic rings. The minimum absolute atomic E-state index is 0.0202. The molecule has 3 amide bonds. The van der Waals surface area contributed by atoms with Crippen LogP contribution in [0.5, 0.6) is 0 Å². The lowest BCUT2D eigenvalue weighted by molar-refractivity contribution is -0.131. The van der Waals surface area contributed by atoms with Crippen LogP contribution in [0.2, 0.25) is 0 Å². The number of hydrogen-bond donors (Lipinski definition) is 1. The molecule has 2 fully saturated rings. The maximum absolute atomic E-state index is 12.7. The lowest BCUT2D eigenvalue weighted by Gasteiger charge is -2.41. The third-order valence-electron chi connectivity index (χ3n) is 6.43. The Morgan fingerprint density at radius 3 is 2.54 bits per heavy atom.